The fourth-order valence-corrected chi connectivity index (χ4v) is 1.80. The zero-order valence-corrected chi connectivity index (χ0v) is 11.3. The normalized spacial score (nSPS) is 12.0. The van der Waals surface area contributed by atoms with Crippen LogP contribution in [0.15, 0.2) is 0 Å². The second kappa shape index (κ2) is 5.62. The maximum atomic E-state index is 9.24. The summed E-state index contributed by atoms with van der Waals surface area (Å²) in [6, 6.07) is 2.60. The molecule has 0 N–H and O–H groups in total. The lowest BCUT2D eigenvalue weighted by Crippen LogP contribution is -2.30. The number of hydrogen-bond donors (Lipinski definition) is 0. The molecule has 0 fully saturated rings. The van der Waals surface area contributed by atoms with Crippen LogP contribution in [-0.4, -0.2) is 23.3 Å². The molecule has 0 aliphatic rings. The zero-order valence-electron chi connectivity index (χ0n) is 11.3. The highest BCUT2D eigenvalue weighted by molar-refractivity contribution is 5.57. The van der Waals surface area contributed by atoms with Crippen LogP contribution in [0.5, 0.6) is 0 Å². The van der Waals surface area contributed by atoms with Gasteiger partial charge in [-0.15, -0.1) is 5.10 Å². The third-order valence-corrected chi connectivity index (χ3v) is 3.25. The van der Waals surface area contributed by atoms with Crippen LogP contribution in [0.1, 0.15) is 43.5 Å². The number of aryl methyl sites for hydroxylation is 1. The van der Waals surface area contributed by atoms with E-state index in [0.717, 1.165) is 24.1 Å². The molecule has 0 saturated carbocycles. The number of nitriles is 1. The number of rotatable bonds is 4. The van der Waals surface area contributed by atoms with E-state index in [4.69, 9.17) is 0 Å². The van der Waals surface area contributed by atoms with Gasteiger partial charge in [0.25, 0.3) is 0 Å². The van der Waals surface area contributed by atoms with Crippen LogP contribution < -0.4 is 4.90 Å². The quantitative estimate of drug-likeness (QED) is 0.800. The molecule has 92 valence electrons. The molecule has 0 bridgehead atoms. The fraction of sp³-hybridized carbons (Fsp3) is 0.615. The minimum Gasteiger partial charge on any atom is -0.354 e. The molecule has 1 rings (SSSR count). The Morgan fingerprint density at radius 2 is 2.00 bits per heavy atom. The van der Waals surface area contributed by atoms with Crippen LogP contribution in [0.4, 0.5) is 5.82 Å². The van der Waals surface area contributed by atoms with E-state index >= 15 is 0 Å². The van der Waals surface area contributed by atoms with Crippen LogP contribution in [0.2, 0.25) is 0 Å². The number of hydrogen-bond acceptors (Lipinski definition) is 4. The van der Waals surface area contributed by atoms with Crippen molar-refractivity contribution in [1.82, 2.24) is 10.2 Å². The Morgan fingerprint density at radius 1 is 1.35 bits per heavy atom. The molecule has 4 nitrogen and oxygen atoms in total. The van der Waals surface area contributed by atoms with E-state index in [-0.39, 0.29) is 0 Å². The van der Waals surface area contributed by atoms with E-state index < -0.39 is 0 Å². The maximum absolute atomic E-state index is 9.24. The topological polar surface area (TPSA) is 52.8 Å². The molecule has 0 aliphatic carbocycles. The standard InChI is InChI=1S/C13H20N4/c1-6-7-9(2)17(5)13-12(8-14)10(3)11(4)15-16-13/h9H,6-7H2,1-5H3. The van der Waals surface area contributed by atoms with E-state index in [2.05, 4.69) is 30.1 Å². The summed E-state index contributed by atoms with van der Waals surface area (Å²) in [5.41, 5.74) is 2.39. The predicted octanol–water partition coefficient (Wildman–Crippen LogP) is 2.59. The first-order valence-electron chi connectivity index (χ1n) is 5.99. The molecule has 0 spiro atoms. The van der Waals surface area contributed by atoms with E-state index in [1.54, 1.807) is 0 Å². The summed E-state index contributed by atoms with van der Waals surface area (Å²) in [6.07, 6.45) is 2.20. The molecule has 0 amide bonds. The van der Waals surface area contributed by atoms with Crippen molar-refractivity contribution >= 4 is 5.82 Å². The molecule has 1 atom stereocenters. The lowest BCUT2D eigenvalue weighted by molar-refractivity contribution is 0.607. The van der Waals surface area contributed by atoms with Gasteiger partial charge in [-0.05, 0) is 32.8 Å². The van der Waals surface area contributed by atoms with Gasteiger partial charge in [-0.1, -0.05) is 13.3 Å². The Kier molecular flexibility index (Phi) is 4.45. The van der Waals surface area contributed by atoms with Gasteiger partial charge in [-0.3, -0.25) is 0 Å². The summed E-state index contributed by atoms with van der Waals surface area (Å²) in [5, 5.41) is 17.5. The largest absolute Gasteiger partial charge is 0.354 e. The number of anilines is 1. The van der Waals surface area contributed by atoms with Crippen LogP contribution in [0, 0.1) is 25.2 Å². The summed E-state index contributed by atoms with van der Waals surface area (Å²) < 4.78 is 0. The van der Waals surface area contributed by atoms with Gasteiger partial charge in [-0.25, -0.2) is 0 Å². The molecule has 0 aliphatic heterocycles. The Hall–Kier alpha value is -1.63. The summed E-state index contributed by atoms with van der Waals surface area (Å²) in [5.74, 6) is 0.691. The Labute approximate surface area is 103 Å². The molecule has 1 unspecified atom stereocenters. The van der Waals surface area contributed by atoms with Crippen LogP contribution >= 0.6 is 0 Å². The van der Waals surface area contributed by atoms with Crippen molar-refractivity contribution in [3.63, 3.8) is 0 Å². The van der Waals surface area contributed by atoms with E-state index in [9.17, 15) is 5.26 Å². The van der Waals surface area contributed by atoms with Crippen molar-refractivity contribution in [2.24, 2.45) is 0 Å². The Morgan fingerprint density at radius 3 is 2.53 bits per heavy atom. The first kappa shape index (κ1) is 13.4. The minimum atomic E-state index is 0.364. The third kappa shape index (κ3) is 2.73. The predicted molar refractivity (Wildman–Crippen MR) is 69.0 cm³/mol. The molecule has 1 aromatic rings. The first-order valence-corrected chi connectivity index (χ1v) is 5.99. The van der Waals surface area contributed by atoms with Gasteiger partial charge in [0.15, 0.2) is 5.82 Å². The molecule has 0 aromatic carbocycles. The van der Waals surface area contributed by atoms with Gasteiger partial charge < -0.3 is 4.90 Å². The fourth-order valence-electron chi connectivity index (χ4n) is 1.80. The second-order valence-corrected chi connectivity index (χ2v) is 4.47. The molecule has 0 radical (unpaired) electrons. The van der Waals surface area contributed by atoms with E-state index in [1.165, 1.54) is 0 Å². The van der Waals surface area contributed by atoms with Gasteiger partial charge >= 0.3 is 0 Å². The molecular weight excluding hydrogens is 212 g/mol. The summed E-state index contributed by atoms with van der Waals surface area (Å²) in [6.45, 7) is 8.09. The van der Waals surface area contributed by atoms with Crippen molar-refractivity contribution < 1.29 is 0 Å². The molecule has 1 aromatic heterocycles. The molecule has 1 heterocycles. The summed E-state index contributed by atoms with van der Waals surface area (Å²) >= 11 is 0. The minimum absolute atomic E-state index is 0.364. The van der Waals surface area contributed by atoms with Crippen molar-refractivity contribution in [2.45, 2.75) is 46.6 Å². The highest BCUT2D eigenvalue weighted by atomic mass is 15.3. The molecule has 0 saturated heterocycles. The molecular formula is C13H20N4. The first-order chi connectivity index (χ1) is 8.02. The van der Waals surface area contributed by atoms with E-state index in [1.807, 2.05) is 25.8 Å². The highest BCUT2D eigenvalue weighted by Gasteiger charge is 2.17. The smallest absolute Gasteiger partial charge is 0.169 e. The average Bonchev–Trinajstić information content (AvgIpc) is 2.31. The van der Waals surface area contributed by atoms with Gasteiger partial charge in [0.2, 0.25) is 0 Å². The van der Waals surface area contributed by atoms with Gasteiger partial charge in [-0.2, -0.15) is 10.4 Å². The Bertz CT molecular complexity index is 434. The number of nitrogens with zero attached hydrogens (tertiary/aromatic N) is 4. The average molecular weight is 232 g/mol. The lowest BCUT2D eigenvalue weighted by Gasteiger charge is -2.26. The van der Waals surface area contributed by atoms with E-state index in [0.29, 0.717) is 17.4 Å². The van der Waals surface area contributed by atoms with Crippen molar-refractivity contribution in [2.75, 3.05) is 11.9 Å². The van der Waals surface area contributed by atoms with Crippen molar-refractivity contribution in [3.05, 3.63) is 16.8 Å². The third-order valence-electron chi connectivity index (χ3n) is 3.25. The van der Waals surface area contributed by atoms with Crippen LogP contribution in [-0.2, 0) is 0 Å². The second-order valence-electron chi connectivity index (χ2n) is 4.47. The van der Waals surface area contributed by atoms with Crippen molar-refractivity contribution in [1.29, 1.82) is 5.26 Å². The maximum Gasteiger partial charge on any atom is 0.169 e. The zero-order chi connectivity index (χ0) is 13.0. The van der Waals surface area contributed by atoms with Gasteiger partial charge in [0.1, 0.15) is 11.6 Å². The Balaban J connectivity index is 3.15. The molecule has 4 heteroatoms. The highest BCUT2D eigenvalue weighted by Crippen LogP contribution is 2.22. The van der Waals surface area contributed by atoms with Gasteiger partial charge in [0.05, 0.1) is 5.69 Å². The number of aromatic nitrogens is 2. The summed E-state index contributed by atoms with van der Waals surface area (Å²) in [7, 11) is 1.97. The van der Waals surface area contributed by atoms with Crippen molar-refractivity contribution in [3.8, 4) is 6.07 Å². The lowest BCUT2D eigenvalue weighted by atomic mass is 10.1. The molecule has 17 heavy (non-hydrogen) atoms. The van der Waals surface area contributed by atoms with Crippen LogP contribution in [0.3, 0.4) is 0 Å². The van der Waals surface area contributed by atoms with Crippen LogP contribution in [0.25, 0.3) is 0 Å². The monoisotopic (exact) mass is 232 g/mol. The summed E-state index contributed by atoms with van der Waals surface area (Å²) in [4.78, 5) is 2.04. The van der Waals surface area contributed by atoms with Gasteiger partial charge in [0, 0.05) is 13.1 Å². The SMILES string of the molecule is CCCC(C)N(C)c1nnc(C)c(C)c1C#N.